The Morgan fingerprint density at radius 2 is 2.14 bits per heavy atom. The summed E-state index contributed by atoms with van der Waals surface area (Å²) < 4.78 is 18.9. The van der Waals surface area contributed by atoms with E-state index in [0.717, 1.165) is 0 Å². The maximum Gasteiger partial charge on any atom is 0.130 e. The van der Waals surface area contributed by atoms with Crippen LogP contribution in [0.4, 0.5) is 4.39 Å². The Hall–Kier alpha value is -0.490. The van der Waals surface area contributed by atoms with Gasteiger partial charge < -0.3 is 4.74 Å². The zero-order valence-electron chi connectivity index (χ0n) is 7.72. The summed E-state index contributed by atoms with van der Waals surface area (Å²) in [5.74, 6) is 4.57. The first-order chi connectivity index (χ1) is 6.69. The topological polar surface area (TPSA) is 44.5 Å². The first-order valence-electron chi connectivity index (χ1n) is 3.96. The van der Waals surface area contributed by atoms with Gasteiger partial charge >= 0.3 is 0 Å². The van der Waals surface area contributed by atoms with E-state index in [1.165, 1.54) is 13.2 Å². The predicted molar refractivity (Wildman–Crippen MR) is 53.8 cm³/mol. The maximum absolute atomic E-state index is 13.4. The molecule has 0 aliphatic carbocycles. The second-order valence-electron chi connectivity index (χ2n) is 2.78. The average molecular weight is 264 g/mol. The summed E-state index contributed by atoms with van der Waals surface area (Å²) in [6, 6.07) is 3.14. The van der Waals surface area contributed by atoms with E-state index in [-0.39, 0.29) is 19.0 Å². The van der Waals surface area contributed by atoms with Crippen LogP contribution in [0.1, 0.15) is 11.1 Å². The molecule has 0 aliphatic heterocycles. The van der Waals surface area contributed by atoms with Crippen LogP contribution in [0.5, 0.6) is 0 Å². The molecule has 0 radical (unpaired) electrons. The van der Waals surface area contributed by atoms with Gasteiger partial charge in [-0.05, 0) is 17.7 Å². The van der Waals surface area contributed by atoms with Crippen molar-refractivity contribution in [3.8, 4) is 0 Å². The van der Waals surface area contributed by atoms with Crippen LogP contribution in [0.25, 0.3) is 0 Å². The largest absolute Gasteiger partial charge is 0.380 e. The molecule has 0 aliphatic rings. The molecule has 0 heterocycles. The van der Waals surface area contributed by atoms with Crippen LogP contribution >= 0.6 is 15.9 Å². The Morgan fingerprint density at radius 3 is 2.64 bits per heavy atom. The first kappa shape index (κ1) is 11.6. The molecule has 0 amide bonds. The Kier molecular flexibility index (Phi) is 4.47. The molecule has 0 fully saturated rings. The summed E-state index contributed by atoms with van der Waals surface area (Å²) in [6.45, 7) is 0.416. The number of methoxy groups -OCH3 is 1. The van der Waals surface area contributed by atoms with Crippen molar-refractivity contribution in [3.63, 3.8) is 0 Å². The highest BCUT2D eigenvalue weighted by Crippen LogP contribution is 2.23. The number of rotatable bonds is 4. The Bertz CT molecular complexity index is 297. The number of nitrogens with two attached hydrogens (primary N) is 1. The zero-order chi connectivity index (χ0) is 10.6. The summed E-state index contributed by atoms with van der Waals surface area (Å²) in [7, 11) is 1.52. The van der Waals surface area contributed by atoms with E-state index in [2.05, 4.69) is 20.8 Å². The van der Waals surface area contributed by atoms with Crippen LogP contribution in [0.2, 0.25) is 0 Å². The van der Waals surface area contributed by atoms with E-state index in [1.54, 1.807) is 6.07 Å². The lowest BCUT2D eigenvalue weighted by molar-refractivity contribution is 0.123. The Labute approximate surface area is 90.1 Å². The molecule has 2 N–H and O–H groups in total. The minimum Gasteiger partial charge on any atom is -0.380 e. The zero-order valence-corrected chi connectivity index (χ0v) is 9.30. The van der Waals surface area contributed by atoms with E-state index < -0.39 is 0 Å². The molecular weight excluding hydrogens is 253 g/mol. The number of hydrogen-bond donors (Lipinski definition) is 1. The van der Waals surface area contributed by atoms with Gasteiger partial charge in [-0.25, -0.2) is 10.3 Å². The molecule has 0 aromatic heterocycles. The minimum absolute atomic E-state index is 0.183. The quantitative estimate of drug-likeness (QED) is 0.847. The van der Waals surface area contributed by atoms with E-state index in [1.807, 2.05) is 0 Å². The first-order valence-corrected chi connectivity index (χ1v) is 4.75. The lowest BCUT2D eigenvalue weighted by Crippen LogP contribution is -2.02. The fourth-order valence-electron chi connectivity index (χ4n) is 1.12. The average Bonchev–Trinajstić information content (AvgIpc) is 2.12. The molecule has 1 rings (SSSR count). The fraction of sp³-hybridized carbons (Fsp3) is 0.333. The van der Waals surface area contributed by atoms with Crippen molar-refractivity contribution in [2.24, 2.45) is 5.90 Å². The lowest BCUT2D eigenvalue weighted by atomic mass is 10.1. The van der Waals surface area contributed by atoms with E-state index in [9.17, 15) is 4.39 Å². The van der Waals surface area contributed by atoms with Crippen molar-refractivity contribution in [3.05, 3.63) is 33.5 Å². The summed E-state index contributed by atoms with van der Waals surface area (Å²) in [4.78, 5) is 4.42. The highest BCUT2D eigenvalue weighted by atomic mass is 79.9. The number of halogens is 2. The molecular formula is C9H11BrFNO2. The number of benzene rings is 1. The maximum atomic E-state index is 13.4. The van der Waals surface area contributed by atoms with Gasteiger partial charge in [0.25, 0.3) is 0 Å². The van der Waals surface area contributed by atoms with Gasteiger partial charge in [-0.3, -0.25) is 4.84 Å². The molecule has 0 atom stereocenters. The van der Waals surface area contributed by atoms with Crippen LogP contribution in [-0.2, 0) is 22.8 Å². The SMILES string of the molecule is COCc1c(F)cc(CON)cc1Br. The number of ether oxygens (including phenoxy) is 1. The Morgan fingerprint density at radius 1 is 1.43 bits per heavy atom. The Balaban J connectivity index is 2.98. The molecule has 5 heteroatoms. The third kappa shape index (κ3) is 2.75. The third-order valence-electron chi connectivity index (χ3n) is 1.74. The predicted octanol–water partition coefficient (Wildman–Crippen LogP) is 2.12. The third-order valence-corrected chi connectivity index (χ3v) is 2.45. The molecule has 78 valence electrons. The van der Waals surface area contributed by atoms with Gasteiger partial charge in [0.1, 0.15) is 5.82 Å². The molecule has 3 nitrogen and oxygen atoms in total. The van der Waals surface area contributed by atoms with Crippen LogP contribution in [0.3, 0.4) is 0 Å². The molecule has 0 spiro atoms. The second kappa shape index (κ2) is 5.41. The summed E-state index contributed by atoms with van der Waals surface area (Å²) >= 11 is 3.25. The molecule has 0 bridgehead atoms. The molecule has 0 saturated carbocycles. The van der Waals surface area contributed by atoms with Gasteiger partial charge in [0.2, 0.25) is 0 Å². The normalized spacial score (nSPS) is 10.6. The van der Waals surface area contributed by atoms with Crippen LogP contribution in [0, 0.1) is 5.82 Å². The second-order valence-corrected chi connectivity index (χ2v) is 3.64. The smallest absolute Gasteiger partial charge is 0.130 e. The van der Waals surface area contributed by atoms with Crippen LogP contribution < -0.4 is 5.90 Å². The van der Waals surface area contributed by atoms with Crippen LogP contribution in [0.15, 0.2) is 16.6 Å². The van der Waals surface area contributed by atoms with Crippen molar-refractivity contribution in [2.45, 2.75) is 13.2 Å². The minimum atomic E-state index is -0.326. The van der Waals surface area contributed by atoms with Gasteiger partial charge in [0, 0.05) is 17.1 Å². The summed E-state index contributed by atoms with van der Waals surface area (Å²) in [5.41, 5.74) is 1.17. The monoisotopic (exact) mass is 263 g/mol. The van der Waals surface area contributed by atoms with Crippen LogP contribution in [-0.4, -0.2) is 7.11 Å². The van der Waals surface area contributed by atoms with Gasteiger partial charge in [-0.1, -0.05) is 15.9 Å². The molecule has 0 unspecified atom stereocenters. The molecule has 14 heavy (non-hydrogen) atoms. The summed E-state index contributed by atoms with van der Waals surface area (Å²) in [5, 5.41) is 0. The van der Waals surface area contributed by atoms with E-state index in [0.29, 0.717) is 15.6 Å². The standard InChI is InChI=1S/C9H11BrFNO2/c1-13-5-7-8(10)2-6(4-14-12)3-9(7)11/h2-3H,4-5,12H2,1H3. The highest BCUT2D eigenvalue weighted by molar-refractivity contribution is 9.10. The number of hydrogen-bond acceptors (Lipinski definition) is 3. The fourth-order valence-corrected chi connectivity index (χ4v) is 1.72. The van der Waals surface area contributed by atoms with E-state index in [4.69, 9.17) is 10.6 Å². The molecule has 1 aromatic carbocycles. The van der Waals surface area contributed by atoms with Gasteiger partial charge in [-0.2, -0.15) is 0 Å². The highest BCUT2D eigenvalue weighted by Gasteiger charge is 2.08. The van der Waals surface area contributed by atoms with Crippen molar-refractivity contribution in [2.75, 3.05) is 7.11 Å². The summed E-state index contributed by atoms with van der Waals surface area (Å²) in [6.07, 6.45) is 0. The van der Waals surface area contributed by atoms with Gasteiger partial charge in [0.15, 0.2) is 0 Å². The molecule has 0 saturated heterocycles. The van der Waals surface area contributed by atoms with Crippen molar-refractivity contribution in [1.29, 1.82) is 0 Å². The van der Waals surface area contributed by atoms with Gasteiger partial charge in [-0.15, -0.1) is 0 Å². The lowest BCUT2D eigenvalue weighted by Gasteiger charge is -2.07. The van der Waals surface area contributed by atoms with Crippen molar-refractivity contribution >= 4 is 15.9 Å². The van der Waals surface area contributed by atoms with E-state index >= 15 is 0 Å². The van der Waals surface area contributed by atoms with Gasteiger partial charge in [0.05, 0.1) is 13.2 Å². The van der Waals surface area contributed by atoms with Crippen molar-refractivity contribution in [1.82, 2.24) is 0 Å². The molecule has 1 aromatic rings. The van der Waals surface area contributed by atoms with Crippen molar-refractivity contribution < 1.29 is 14.0 Å².